The van der Waals surface area contributed by atoms with E-state index >= 15 is 0 Å². The number of benzene rings is 1. The van der Waals surface area contributed by atoms with E-state index in [1.807, 2.05) is 0 Å². The van der Waals surface area contributed by atoms with Crippen LogP contribution in [0.3, 0.4) is 0 Å². The average molecular weight is 273 g/mol. The van der Waals surface area contributed by atoms with E-state index < -0.39 is 0 Å². The highest BCUT2D eigenvalue weighted by Crippen LogP contribution is 2.36. The van der Waals surface area contributed by atoms with Gasteiger partial charge in [-0.2, -0.15) is 0 Å². The van der Waals surface area contributed by atoms with Crippen LogP contribution in [0.2, 0.25) is 0 Å². The molecule has 2 nitrogen and oxygen atoms in total. The molecule has 0 radical (unpaired) electrons. The fraction of sp³-hybridized carbons (Fsp3) is 0.667. The molecule has 0 aliphatic carbocycles. The molecule has 0 saturated carbocycles. The van der Waals surface area contributed by atoms with Crippen molar-refractivity contribution in [2.24, 2.45) is 0 Å². The number of ether oxygens (including phenoxy) is 1. The Bertz CT molecular complexity index is 474. The molecule has 1 aromatic carbocycles. The molecular weight excluding hydrogens is 246 g/mol. The molecule has 0 N–H and O–H groups in total. The number of rotatable bonds is 3. The van der Waals surface area contributed by atoms with Gasteiger partial charge in [-0.15, -0.1) is 0 Å². The predicted octanol–water partition coefficient (Wildman–Crippen LogP) is 3.52. The summed E-state index contributed by atoms with van der Waals surface area (Å²) in [7, 11) is 0. The Kier molecular flexibility index (Phi) is 3.87. The monoisotopic (exact) mass is 273 g/mol. The number of aryl methyl sites for hydroxylation is 1. The van der Waals surface area contributed by atoms with Crippen molar-refractivity contribution in [1.29, 1.82) is 0 Å². The molecule has 2 aliphatic heterocycles. The standard InChI is InChI=1S/C18H27NO/c1-4-5-14-6-7-15-11-19(16-8-9-20-12-16)13-18(2,3)17(15)10-14/h6-7,10,16H,4-5,8-9,11-13H2,1-3H3. The Labute approximate surface area is 123 Å². The largest absolute Gasteiger partial charge is 0.380 e. The smallest absolute Gasteiger partial charge is 0.0622 e. The van der Waals surface area contributed by atoms with Gasteiger partial charge in [0, 0.05) is 31.2 Å². The third kappa shape index (κ3) is 2.64. The van der Waals surface area contributed by atoms with Crippen LogP contribution in [0.4, 0.5) is 0 Å². The van der Waals surface area contributed by atoms with E-state index in [0.29, 0.717) is 6.04 Å². The SMILES string of the molecule is CCCc1ccc2c(c1)C(C)(C)CN(C1CCOC1)C2. The molecule has 0 amide bonds. The lowest BCUT2D eigenvalue weighted by atomic mass is 9.77. The highest BCUT2D eigenvalue weighted by atomic mass is 16.5. The van der Waals surface area contributed by atoms with Crippen molar-refractivity contribution < 1.29 is 4.74 Å². The van der Waals surface area contributed by atoms with Gasteiger partial charge in [-0.1, -0.05) is 45.4 Å². The summed E-state index contributed by atoms with van der Waals surface area (Å²) in [4.78, 5) is 2.63. The topological polar surface area (TPSA) is 12.5 Å². The first-order valence-electron chi connectivity index (χ1n) is 8.04. The summed E-state index contributed by atoms with van der Waals surface area (Å²) in [6.07, 6.45) is 3.62. The maximum atomic E-state index is 5.58. The normalized spacial score (nSPS) is 25.6. The third-order valence-electron chi connectivity index (χ3n) is 4.84. The van der Waals surface area contributed by atoms with Crippen LogP contribution >= 0.6 is 0 Å². The quantitative estimate of drug-likeness (QED) is 0.835. The van der Waals surface area contributed by atoms with E-state index in [1.165, 1.54) is 30.4 Å². The van der Waals surface area contributed by atoms with Crippen LogP contribution in [-0.2, 0) is 23.1 Å². The molecule has 3 rings (SSSR count). The molecule has 2 heteroatoms. The van der Waals surface area contributed by atoms with Gasteiger partial charge in [-0.3, -0.25) is 4.90 Å². The van der Waals surface area contributed by atoms with Crippen LogP contribution < -0.4 is 0 Å². The van der Waals surface area contributed by atoms with E-state index in [1.54, 1.807) is 5.56 Å². The summed E-state index contributed by atoms with van der Waals surface area (Å²) in [5.41, 5.74) is 4.84. The van der Waals surface area contributed by atoms with Gasteiger partial charge in [0.05, 0.1) is 6.61 Å². The minimum absolute atomic E-state index is 0.250. The Balaban J connectivity index is 1.87. The average Bonchev–Trinajstić information content (AvgIpc) is 2.93. The van der Waals surface area contributed by atoms with Gasteiger partial charge in [0.25, 0.3) is 0 Å². The van der Waals surface area contributed by atoms with Gasteiger partial charge < -0.3 is 4.74 Å². The van der Waals surface area contributed by atoms with Crippen molar-refractivity contribution in [3.05, 3.63) is 34.9 Å². The first-order valence-corrected chi connectivity index (χ1v) is 8.04. The van der Waals surface area contributed by atoms with Gasteiger partial charge in [0.15, 0.2) is 0 Å². The van der Waals surface area contributed by atoms with E-state index in [0.717, 1.165) is 26.3 Å². The van der Waals surface area contributed by atoms with Crippen molar-refractivity contribution in [2.75, 3.05) is 19.8 Å². The molecule has 110 valence electrons. The van der Waals surface area contributed by atoms with Gasteiger partial charge >= 0.3 is 0 Å². The zero-order chi connectivity index (χ0) is 14.2. The molecule has 1 atom stereocenters. The second-order valence-corrected chi connectivity index (χ2v) is 7.05. The Hall–Kier alpha value is -0.860. The summed E-state index contributed by atoms with van der Waals surface area (Å²) in [6.45, 7) is 11.1. The van der Waals surface area contributed by atoms with E-state index in [4.69, 9.17) is 4.74 Å². The second-order valence-electron chi connectivity index (χ2n) is 7.05. The van der Waals surface area contributed by atoms with Crippen LogP contribution in [0.5, 0.6) is 0 Å². The van der Waals surface area contributed by atoms with Crippen LogP contribution in [0.25, 0.3) is 0 Å². The molecule has 1 fully saturated rings. The molecule has 0 spiro atoms. The van der Waals surface area contributed by atoms with E-state index in [2.05, 4.69) is 43.9 Å². The molecule has 2 aliphatic rings. The minimum Gasteiger partial charge on any atom is -0.380 e. The maximum absolute atomic E-state index is 5.58. The molecule has 1 saturated heterocycles. The Morgan fingerprint density at radius 2 is 2.20 bits per heavy atom. The summed E-state index contributed by atoms with van der Waals surface area (Å²) in [5, 5.41) is 0. The van der Waals surface area contributed by atoms with Crippen molar-refractivity contribution in [3.63, 3.8) is 0 Å². The van der Waals surface area contributed by atoms with Gasteiger partial charge in [-0.25, -0.2) is 0 Å². The maximum Gasteiger partial charge on any atom is 0.0622 e. The molecule has 0 aromatic heterocycles. The fourth-order valence-electron chi connectivity index (χ4n) is 3.77. The van der Waals surface area contributed by atoms with E-state index in [-0.39, 0.29) is 5.41 Å². The van der Waals surface area contributed by atoms with Crippen LogP contribution in [0.1, 0.15) is 50.3 Å². The molecule has 20 heavy (non-hydrogen) atoms. The van der Waals surface area contributed by atoms with Crippen molar-refractivity contribution in [3.8, 4) is 0 Å². The lowest BCUT2D eigenvalue weighted by molar-refractivity contribution is 0.111. The lowest BCUT2D eigenvalue weighted by Crippen LogP contribution is -2.47. The lowest BCUT2D eigenvalue weighted by Gasteiger charge is -2.42. The summed E-state index contributed by atoms with van der Waals surface area (Å²) in [6, 6.07) is 7.77. The van der Waals surface area contributed by atoms with Crippen molar-refractivity contribution in [1.82, 2.24) is 4.90 Å². The second kappa shape index (κ2) is 5.50. The number of fused-ring (bicyclic) bond motifs is 1. The summed E-state index contributed by atoms with van der Waals surface area (Å²) in [5.74, 6) is 0. The van der Waals surface area contributed by atoms with Gasteiger partial charge in [0.2, 0.25) is 0 Å². The van der Waals surface area contributed by atoms with Crippen LogP contribution in [-0.4, -0.2) is 30.7 Å². The zero-order valence-corrected chi connectivity index (χ0v) is 13.1. The van der Waals surface area contributed by atoms with Crippen molar-refractivity contribution >= 4 is 0 Å². The molecule has 0 bridgehead atoms. The van der Waals surface area contributed by atoms with Crippen molar-refractivity contribution in [2.45, 2.75) is 58.0 Å². The zero-order valence-electron chi connectivity index (χ0n) is 13.1. The summed E-state index contributed by atoms with van der Waals surface area (Å²) >= 11 is 0. The Morgan fingerprint density at radius 3 is 2.90 bits per heavy atom. The highest BCUT2D eigenvalue weighted by Gasteiger charge is 2.35. The van der Waals surface area contributed by atoms with Crippen LogP contribution in [0, 0.1) is 0 Å². The third-order valence-corrected chi connectivity index (χ3v) is 4.84. The first kappa shape index (κ1) is 14.1. The number of hydrogen-bond donors (Lipinski definition) is 0. The van der Waals surface area contributed by atoms with Gasteiger partial charge in [-0.05, 0) is 29.5 Å². The number of hydrogen-bond acceptors (Lipinski definition) is 2. The first-order chi connectivity index (χ1) is 9.60. The van der Waals surface area contributed by atoms with Gasteiger partial charge in [0.1, 0.15) is 0 Å². The molecule has 1 aromatic rings. The molecular formula is C18H27NO. The highest BCUT2D eigenvalue weighted by molar-refractivity contribution is 5.39. The number of nitrogens with zero attached hydrogens (tertiary/aromatic N) is 1. The predicted molar refractivity (Wildman–Crippen MR) is 83.1 cm³/mol. The van der Waals surface area contributed by atoms with Crippen LogP contribution in [0.15, 0.2) is 18.2 Å². The molecule has 2 heterocycles. The fourth-order valence-corrected chi connectivity index (χ4v) is 3.77. The minimum atomic E-state index is 0.250. The van der Waals surface area contributed by atoms with E-state index in [9.17, 15) is 0 Å². The summed E-state index contributed by atoms with van der Waals surface area (Å²) < 4.78 is 5.58. The molecule has 1 unspecified atom stereocenters. The Morgan fingerprint density at radius 1 is 1.35 bits per heavy atom.